The van der Waals surface area contributed by atoms with Crippen LogP contribution in [0.1, 0.15) is 73.6 Å². The van der Waals surface area contributed by atoms with E-state index in [4.69, 9.17) is 15.2 Å². The molecule has 2 N–H and O–H groups in total. The summed E-state index contributed by atoms with van der Waals surface area (Å²) in [4.78, 5) is 21.0. The van der Waals surface area contributed by atoms with Crippen LogP contribution in [-0.4, -0.2) is 36.6 Å². The minimum absolute atomic E-state index is 0. The van der Waals surface area contributed by atoms with Gasteiger partial charge in [-0.15, -0.1) is 0 Å². The van der Waals surface area contributed by atoms with E-state index in [-0.39, 0.29) is 13.4 Å². The van der Waals surface area contributed by atoms with Crippen LogP contribution in [0.5, 0.6) is 0 Å². The van der Waals surface area contributed by atoms with Gasteiger partial charge < -0.3 is 15.2 Å². The van der Waals surface area contributed by atoms with Crippen molar-refractivity contribution in [2.45, 2.75) is 90.4 Å². The van der Waals surface area contributed by atoms with Crippen LogP contribution in [0.15, 0.2) is 0 Å². The Morgan fingerprint density at radius 2 is 1.65 bits per heavy atom. The molecule has 0 aromatic rings. The number of hydrogen-bond donors (Lipinski definition) is 1. The molecule has 0 bridgehead atoms. The highest BCUT2D eigenvalue weighted by molar-refractivity contribution is 5.78. The molecule has 2 aliphatic carbocycles. The smallest absolute Gasteiger partial charge is 0.219 e. The summed E-state index contributed by atoms with van der Waals surface area (Å²) in [5, 5.41) is 0. The Labute approximate surface area is 141 Å². The topological polar surface area (TPSA) is 78.6 Å². The number of Topliss-reactive ketones (excluding diaryl/α,β-unsaturated/α-hetero) is 1. The lowest BCUT2D eigenvalue weighted by Gasteiger charge is -2.29. The monoisotopic (exact) mass is 329 g/mol. The first kappa shape index (κ1) is 20.1. The molecule has 2 rings (SSSR count). The SMILES string of the molecule is CC(=O)C1CCC1.CC(C)OC1CCC(OCCC(N)=O)CC1.[HH]. The van der Waals surface area contributed by atoms with E-state index in [2.05, 4.69) is 13.8 Å². The van der Waals surface area contributed by atoms with E-state index in [0.29, 0.717) is 36.9 Å². The standard InChI is InChI=1S/C12H23NO3.C6H10O.H2/c1-9(2)16-11-5-3-10(4-6-11)15-8-7-12(13)14;1-5(7)6-3-2-4-6;/h9-11H,3-8H2,1-2H3,(H2,13,14);6H,2-4H2,1H3;1H. The second-order valence-corrected chi connectivity index (χ2v) is 6.91. The Kier molecular flexibility index (Phi) is 9.41. The fourth-order valence-electron chi connectivity index (χ4n) is 2.86. The fourth-order valence-corrected chi connectivity index (χ4v) is 2.86. The second-order valence-electron chi connectivity index (χ2n) is 6.91. The Bertz CT molecular complexity index is 364. The number of amides is 1. The summed E-state index contributed by atoms with van der Waals surface area (Å²) < 4.78 is 11.3. The molecule has 2 fully saturated rings. The van der Waals surface area contributed by atoms with Crippen LogP contribution in [0.25, 0.3) is 0 Å². The van der Waals surface area contributed by atoms with E-state index in [0.717, 1.165) is 38.5 Å². The number of primary amides is 1. The van der Waals surface area contributed by atoms with Crippen molar-refractivity contribution in [3.8, 4) is 0 Å². The van der Waals surface area contributed by atoms with E-state index >= 15 is 0 Å². The summed E-state index contributed by atoms with van der Waals surface area (Å²) in [6.45, 7) is 6.27. The first-order valence-corrected chi connectivity index (χ1v) is 8.94. The van der Waals surface area contributed by atoms with E-state index < -0.39 is 0 Å². The van der Waals surface area contributed by atoms with E-state index in [9.17, 15) is 9.59 Å². The van der Waals surface area contributed by atoms with Gasteiger partial charge >= 0.3 is 0 Å². The predicted molar refractivity (Wildman–Crippen MR) is 92.2 cm³/mol. The largest absolute Gasteiger partial charge is 0.378 e. The van der Waals surface area contributed by atoms with Gasteiger partial charge in [-0.2, -0.15) is 0 Å². The third-order valence-corrected chi connectivity index (χ3v) is 4.47. The molecule has 0 radical (unpaired) electrons. The maximum absolute atomic E-state index is 10.5. The molecular weight excluding hydrogens is 294 g/mol. The highest BCUT2D eigenvalue weighted by Gasteiger charge is 2.22. The lowest BCUT2D eigenvalue weighted by atomic mass is 9.83. The first-order chi connectivity index (χ1) is 10.9. The number of carbonyl (C=O) groups is 2. The fraction of sp³-hybridized carbons (Fsp3) is 0.889. The Morgan fingerprint density at radius 1 is 1.09 bits per heavy atom. The van der Waals surface area contributed by atoms with E-state index in [1.54, 1.807) is 6.92 Å². The Morgan fingerprint density at radius 3 is 2.00 bits per heavy atom. The lowest BCUT2D eigenvalue weighted by molar-refractivity contribution is -0.123. The van der Waals surface area contributed by atoms with Crippen molar-refractivity contribution in [2.75, 3.05) is 6.61 Å². The summed E-state index contributed by atoms with van der Waals surface area (Å²) >= 11 is 0. The van der Waals surface area contributed by atoms with Crippen LogP contribution >= 0.6 is 0 Å². The molecule has 0 aliphatic heterocycles. The van der Waals surface area contributed by atoms with Gasteiger partial charge in [0.1, 0.15) is 5.78 Å². The van der Waals surface area contributed by atoms with Crippen molar-refractivity contribution in [3.63, 3.8) is 0 Å². The van der Waals surface area contributed by atoms with Crippen molar-refractivity contribution in [1.29, 1.82) is 0 Å². The van der Waals surface area contributed by atoms with Crippen molar-refractivity contribution in [2.24, 2.45) is 11.7 Å². The van der Waals surface area contributed by atoms with Gasteiger partial charge in [-0.1, -0.05) is 6.42 Å². The van der Waals surface area contributed by atoms with Gasteiger partial charge in [-0.3, -0.25) is 9.59 Å². The zero-order chi connectivity index (χ0) is 17.2. The Balaban J connectivity index is 0.000000555. The molecule has 2 saturated carbocycles. The predicted octanol–water partition coefficient (Wildman–Crippen LogP) is 3.24. The van der Waals surface area contributed by atoms with Gasteiger partial charge in [0.25, 0.3) is 0 Å². The minimum atomic E-state index is -0.295. The molecule has 5 heteroatoms. The molecule has 0 heterocycles. The number of carbonyl (C=O) groups excluding carboxylic acids is 2. The summed E-state index contributed by atoms with van der Waals surface area (Å²) in [6.07, 6.45) is 9.02. The third kappa shape index (κ3) is 9.06. The molecule has 0 unspecified atom stereocenters. The molecule has 5 nitrogen and oxygen atoms in total. The van der Waals surface area contributed by atoms with Gasteiger partial charge in [0.2, 0.25) is 5.91 Å². The number of hydrogen-bond acceptors (Lipinski definition) is 4. The van der Waals surface area contributed by atoms with Gasteiger partial charge in [-0.25, -0.2) is 0 Å². The number of ketones is 1. The van der Waals surface area contributed by atoms with Crippen LogP contribution in [-0.2, 0) is 19.1 Å². The molecule has 0 saturated heterocycles. The zero-order valence-corrected chi connectivity index (χ0v) is 14.9. The van der Waals surface area contributed by atoms with Crippen LogP contribution in [0, 0.1) is 5.92 Å². The van der Waals surface area contributed by atoms with Gasteiger partial charge in [0.15, 0.2) is 0 Å². The first-order valence-electron chi connectivity index (χ1n) is 8.94. The molecule has 0 spiro atoms. The highest BCUT2D eigenvalue weighted by Crippen LogP contribution is 2.26. The van der Waals surface area contributed by atoms with E-state index in [1.807, 2.05) is 0 Å². The quantitative estimate of drug-likeness (QED) is 0.777. The summed E-state index contributed by atoms with van der Waals surface area (Å²) in [7, 11) is 0. The van der Waals surface area contributed by atoms with E-state index in [1.165, 1.54) is 6.42 Å². The average Bonchev–Trinajstić information content (AvgIpc) is 2.38. The van der Waals surface area contributed by atoms with Gasteiger partial charge in [0.05, 0.1) is 24.9 Å². The van der Waals surface area contributed by atoms with Gasteiger partial charge in [0, 0.05) is 13.8 Å². The number of rotatable bonds is 7. The summed E-state index contributed by atoms with van der Waals surface area (Å²) in [6, 6.07) is 0. The zero-order valence-electron chi connectivity index (χ0n) is 14.9. The van der Waals surface area contributed by atoms with Crippen LogP contribution < -0.4 is 5.73 Å². The summed E-state index contributed by atoms with van der Waals surface area (Å²) in [5.41, 5.74) is 5.05. The lowest BCUT2D eigenvalue weighted by Crippen LogP contribution is -2.29. The number of ether oxygens (including phenoxy) is 2. The normalized spacial score (nSPS) is 24.5. The minimum Gasteiger partial charge on any atom is -0.378 e. The van der Waals surface area contributed by atoms with Gasteiger partial charge in [-0.05, 0) is 59.3 Å². The molecular formula is C18H35NO4. The van der Waals surface area contributed by atoms with Crippen molar-refractivity contribution in [1.82, 2.24) is 0 Å². The van der Waals surface area contributed by atoms with Crippen molar-refractivity contribution < 1.29 is 20.5 Å². The molecule has 0 atom stereocenters. The molecule has 23 heavy (non-hydrogen) atoms. The maximum Gasteiger partial charge on any atom is 0.219 e. The second kappa shape index (κ2) is 10.8. The molecule has 0 aromatic carbocycles. The molecule has 1 amide bonds. The van der Waals surface area contributed by atoms with Crippen molar-refractivity contribution in [3.05, 3.63) is 0 Å². The third-order valence-electron chi connectivity index (χ3n) is 4.47. The van der Waals surface area contributed by atoms with Crippen LogP contribution in [0.4, 0.5) is 0 Å². The molecule has 2 aliphatic rings. The number of nitrogens with two attached hydrogens (primary N) is 1. The maximum atomic E-state index is 10.5. The molecule has 0 aromatic heterocycles. The highest BCUT2D eigenvalue weighted by atomic mass is 16.5. The van der Waals surface area contributed by atoms with Crippen LogP contribution in [0.3, 0.4) is 0 Å². The Hall–Kier alpha value is -0.940. The molecule has 136 valence electrons. The summed E-state index contributed by atoms with van der Waals surface area (Å²) in [5.74, 6) is 0.531. The average molecular weight is 329 g/mol. The van der Waals surface area contributed by atoms with Crippen molar-refractivity contribution >= 4 is 11.7 Å². The van der Waals surface area contributed by atoms with Crippen LogP contribution in [0.2, 0.25) is 0 Å².